The molecule has 1 amide bonds. The van der Waals surface area contributed by atoms with E-state index in [0.29, 0.717) is 17.1 Å². The fraction of sp³-hybridized carbons (Fsp3) is 0.250. The van der Waals surface area contributed by atoms with Crippen LogP contribution in [0, 0.1) is 6.92 Å². The molecule has 3 aromatic rings. The maximum atomic E-state index is 12.1. The summed E-state index contributed by atoms with van der Waals surface area (Å²) in [5.74, 6) is -0.310. The van der Waals surface area contributed by atoms with Gasteiger partial charge in [0.15, 0.2) is 0 Å². The van der Waals surface area contributed by atoms with Gasteiger partial charge in [-0.15, -0.1) is 0 Å². The van der Waals surface area contributed by atoms with Crippen LogP contribution in [0.4, 0.5) is 0 Å². The Morgan fingerprint density at radius 2 is 2.04 bits per heavy atom. The van der Waals surface area contributed by atoms with Crippen LogP contribution in [0.3, 0.4) is 0 Å². The molecular weight excluding hydrogens is 322 g/mol. The van der Waals surface area contributed by atoms with Crippen LogP contribution in [0.5, 0.6) is 0 Å². The fourth-order valence-electron chi connectivity index (χ4n) is 2.31. The number of carbonyl (C=O) groups is 1. The third-order valence-electron chi connectivity index (χ3n) is 3.54. The maximum absolute atomic E-state index is 12.1. The number of nitrogens with one attached hydrogen (secondary N) is 1. The van der Waals surface area contributed by atoms with Gasteiger partial charge < -0.3 is 5.32 Å². The molecule has 3 aromatic heterocycles. The SMILES string of the molecule is Cc1cc(=O)n(CC(=O)NCc2nccnc2-c2cnn(C)c2)cn1. The first kappa shape index (κ1) is 16.5. The molecule has 0 atom stereocenters. The van der Waals surface area contributed by atoms with Crippen molar-refractivity contribution in [3.05, 3.63) is 58.9 Å². The van der Waals surface area contributed by atoms with Crippen molar-refractivity contribution < 1.29 is 4.79 Å². The molecule has 0 aromatic carbocycles. The molecular formula is C16H17N7O2. The van der Waals surface area contributed by atoms with E-state index in [1.807, 2.05) is 13.2 Å². The van der Waals surface area contributed by atoms with Gasteiger partial charge in [0.05, 0.1) is 30.5 Å². The van der Waals surface area contributed by atoms with Crippen LogP contribution in [0.15, 0.2) is 42.0 Å². The molecule has 0 unspecified atom stereocenters. The number of hydrogen-bond donors (Lipinski definition) is 1. The van der Waals surface area contributed by atoms with E-state index in [9.17, 15) is 9.59 Å². The van der Waals surface area contributed by atoms with Crippen molar-refractivity contribution in [1.82, 2.24) is 34.6 Å². The average molecular weight is 339 g/mol. The van der Waals surface area contributed by atoms with E-state index in [1.54, 1.807) is 30.2 Å². The van der Waals surface area contributed by atoms with E-state index >= 15 is 0 Å². The highest BCUT2D eigenvalue weighted by Crippen LogP contribution is 2.18. The van der Waals surface area contributed by atoms with Gasteiger partial charge in [-0.25, -0.2) is 4.98 Å². The molecule has 0 spiro atoms. The number of aromatic nitrogens is 6. The molecule has 3 heterocycles. The molecule has 0 fully saturated rings. The first-order chi connectivity index (χ1) is 12.0. The second-order valence-electron chi connectivity index (χ2n) is 5.53. The summed E-state index contributed by atoms with van der Waals surface area (Å²) in [5.41, 5.74) is 2.45. The Hall–Kier alpha value is -3.36. The molecule has 9 heteroatoms. The Bertz CT molecular complexity index is 961. The number of carbonyl (C=O) groups excluding carboxylic acids is 1. The highest BCUT2D eigenvalue weighted by Gasteiger charge is 2.11. The second-order valence-corrected chi connectivity index (χ2v) is 5.53. The lowest BCUT2D eigenvalue weighted by atomic mass is 10.2. The Labute approximate surface area is 143 Å². The summed E-state index contributed by atoms with van der Waals surface area (Å²) in [4.78, 5) is 36.5. The predicted octanol–water partition coefficient (Wildman–Crippen LogP) is 0.0586. The molecule has 9 nitrogen and oxygen atoms in total. The smallest absolute Gasteiger partial charge is 0.253 e. The summed E-state index contributed by atoms with van der Waals surface area (Å²) >= 11 is 0. The summed E-state index contributed by atoms with van der Waals surface area (Å²) < 4.78 is 2.92. The maximum Gasteiger partial charge on any atom is 0.253 e. The Balaban J connectivity index is 1.69. The molecule has 0 aliphatic rings. The average Bonchev–Trinajstić information content (AvgIpc) is 3.02. The lowest BCUT2D eigenvalue weighted by molar-refractivity contribution is -0.121. The molecule has 0 saturated carbocycles. The first-order valence-corrected chi connectivity index (χ1v) is 7.61. The standard InChI is InChI=1S/C16H17N7O2/c1-11-5-15(25)23(10-20-11)9-14(24)19-7-13-16(18-4-3-17-13)12-6-21-22(2)8-12/h3-6,8,10H,7,9H2,1-2H3,(H,19,24). The van der Waals surface area contributed by atoms with Gasteiger partial charge in [0.2, 0.25) is 5.91 Å². The van der Waals surface area contributed by atoms with Crippen molar-refractivity contribution in [2.24, 2.45) is 7.05 Å². The zero-order valence-electron chi connectivity index (χ0n) is 13.9. The molecule has 25 heavy (non-hydrogen) atoms. The molecule has 128 valence electrons. The Kier molecular flexibility index (Phi) is 4.64. The molecule has 3 rings (SSSR count). The number of rotatable bonds is 5. The van der Waals surface area contributed by atoms with E-state index in [4.69, 9.17) is 0 Å². The van der Waals surface area contributed by atoms with Crippen molar-refractivity contribution in [2.45, 2.75) is 20.0 Å². The topological polar surface area (TPSA) is 108 Å². The van der Waals surface area contributed by atoms with Crippen LogP contribution >= 0.6 is 0 Å². The van der Waals surface area contributed by atoms with Gasteiger partial charge in [-0.2, -0.15) is 5.10 Å². The predicted molar refractivity (Wildman–Crippen MR) is 89.3 cm³/mol. The van der Waals surface area contributed by atoms with Crippen LogP contribution in [-0.2, 0) is 24.9 Å². The highest BCUT2D eigenvalue weighted by atomic mass is 16.2. The zero-order valence-corrected chi connectivity index (χ0v) is 13.9. The number of nitrogens with zero attached hydrogens (tertiary/aromatic N) is 6. The minimum Gasteiger partial charge on any atom is -0.349 e. The minimum absolute atomic E-state index is 0.103. The zero-order chi connectivity index (χ0) is 17.8. The molecule has 0 aliphatic heterocycles. The van der Waals surface area contributed by atoms with Crippen molar-refractivity contribution in [1.29, 1.82) is 0 Å². The van der Waals surface area contributed by atoms with Gasteiger partial charge in [-0.3, -0.25) is 28.8 Å². The summed E-state index contributed by atoms with van der Waals surface area (Å²) in [7, 11) is 1.81. The van der Waals surface area contributed by atoms with E-state index in [-0.39, 0.29) is 24.6 Å². The minimum atomic E-state index is -0.310. The largest absolute Gasteiger partial charge is 0.349 e. The quantitative estimate of drug-likeness (QED) is 0.704. The molecule has 0 saturated heterocycles. The third kappa shape index (κ3) is 3.94. The van der Waals surface area contributed by atoms with Gasteiger partial charge in [0.25, 0.3) is 5.56 Å². The van der Waals surface area contributed by atoms with E-state index < -0.39 is 0 Å². The van der Waals surface area contributed by atoms with Gasteiger partial charge in [-0.1, -0.05) is 0 Å². The summed E-state index contributed by atoms with van der Waals surface area (Å²) in [6.07, 6.45) is 8.03. The first-order valence-electron chi connectivity index (χ1n) is 7.61. The monoisotopic (exact) mass is 339 g/mol. The molecule has 0 radical (unpaired) electrons. The number of amides is 1. The summed E-state index contributed by atoms with van der Waals surface area (Å²) in [5, 5.41) is 6.87. The van der Waals surface area contributed by atoms with Gasteiger partial charge in [0.1, 0.15) is 6.54 Å². The Morgan fingerprint density at radius 1 is 1.24 bits per heavy atom. The van der Waals surface area contributed by atoms with Crippen molar-refractivity contribution in [2.75, 3.05) is 0 Å². The van der Waals surface area contributed by atoms with Gasteiger partial charge >= 0.3 is 0 Å². The lowest BCUT2D eigenvalue weighted by Crippen LogP contribution is -2.32. The van der Waals surface area contributed by atoms with Crippen molar-refractivity contribution in [3.8, 4) is 11.3 Å². The van der Waals surface area contributed by atoms with Gasteiger partial charge in [-0.05, 0) is 6.92 Å². The molecule has 0 bridgehead atoms. The van der Waals surface area contributed by atoms with Crippen LogP contribution in [0.2, 0.25) is 0 Å². The van der Waals surface area contributed by atoms with Crippen LogP contribution in [0.1, 0.15) is 11.4 Å². The highest BCUT2D eigenvalue weighted by molar-refractivity contribution is 5.76. The number of aryl methyl sites for hydroxylation is 2. The van der Waals surface area contributed by atoms with E-state index in [2.05, 4.69) is 25.4 Å². The summed E-state index contributed by atoms with van der Waals surface area (Å²) in [6, 6.07) is 1.39. The lowest BCUT2D eigenvalue weighted by Gasteiger charge is -2.09. The van der Waals surface area contributed by atoms with E-state index in [0.717, 1.165) is 5.56 Å². The molecule has 0 aliphatic carbocycles. The van der Waals surface area contributed by atoms with Gasteiger partial charge in [0, 0.05) is 43.0 Å². The second kappa shape index (κ2) is 7.04. The number of hydrogen-bond acceptors (Lipinski definition) is 6. The van der Waals surface area contributed by atoms with Crippen LogP contribution < -0.4 is 10.9 Å². The normalized spacial score (nSPS) is 10.6. The summed E-state index contributed by atoms with van der Waals surface area (Å²) in [6.45, 7) is 1.82. The van der Waals surface area contributed by atoms with E-state index in [1.165, 1.54) is 17.0 Å². The Morgan fingerprint density at radius 3 is 2.76 bits per heavy atom. The van der Waals surface area contributed by atoms with Crippen LogP contribution in [0.25, 0.3) is 11.3 Å². The fourth-order valence-corrected chi connectivity index (χ4v) is 2.31. The van der Waals surface area contributed by atoms with Crippen LogP contribution in [-0.4, -0.2) is 35.2 Å². The van der Waals surface area contributed by atoms with Crippen molar-refractivity contribution in [3.63, 3.8) is 0 Å². The molecule has 1 N–H and O–H groups in total. The third-order valence-corrected chi connectivity index (χ3v) is 3.54. The van der Waals surface area contributed by atoms with Crippen molar-refractivity contribution >= 4 is 5.91 Å².